The third-order valence-electron chi connectivity index (χ3n) is 7.93. The van der Waals surface area contributed by atoms with Crippen LogP contribution in [0.15, 0.2) is 84.9 Å². The summed E-state index contributed by atoms with van der Waals surface area (Å²) in [5, 5.41) is 11.4. The molecule has 0 N–H and O–H groups in total. The molecule has 0 heterocycles. The minimum absolute atomic E-state index is 0.400. The van der Waals surface area contributed by atoms with E-state index in [9.17, 15) is 5.26 Å². The molecule has 1 saturated carbocycles. The zero-order chi connectivity index (χ0) is 24.5. The quantitative estimate of drug-likeness (QED) is 0.272. The molecule has 2 unspecified atom stereocenters. The van der Waals surface area contributed by atoms with E-state index >= 15 is 0 Å². The summed E-state index contributed by atoms with van der Waals surface area (Å²) in [5.74, 6) is 0.419. The fraction of sp³-hybridized carbons (Fsp3) is 0.406. The van der Waals surface area contributed by atoms with Crippen molar-refractivity contribution in [3.05, 3.63) is 107 Å². The summed E-state index contributed by atoms with van der Waals surface area (Å²) >= 11 is 6.22. The second-order valence-electron chi connectivity index (χ2n) is 10.0. The minimum Gasteiger partial charge on any atom is -0.292 e. The molecule has 3 aromatic carbocycles. The van der Waals surface area contributed by atoms with Gasteiger partial charge in [-0.05, 0) is 66.8 Å². The molecular weight excluding hydrogens is 448 g/mol. The molecule has 1 fully saturated rings. The standard InChI is InChI=1S/C32H37ClN2/c1-2-31(35(23-26-11-5-3-6-12-26)24-27-13-7-4-8-14-27)21-22-32(25-34,28-15-9-10-16-28)29-17-19-30(33)20-18-29/h3-8,11-14,17-20,28,31H,2,9-10,15-16,21-24H2,1H3. The number of hydrogen-bond donors (Lipinski definition) is 0. The molecule has 0 radical (unpaired) electrons. The normalized spacial score (nSPS) is 16.6. The van der Waals surface area contributed by atoms with Crippen molar-refractivity contribution >= 4 is 11.6 Å². The molecule has 35 heavy (non-hydrogen) atoms. The SMILES string of the molecule is CCC(CCC(C#N)(c1ccc(Cl)cc1)C1CCCC1)N(Cc1ccccc1)Cc1ccccc1. The van der Waals surface area contributed by atoms with Gasteiger partial charge < -0.3 is 0 Å². The van der Waals surface area contributed by atoms with E-state index in [0.717, 1.165) is 55.8 Å². The first-order valence-electron chi connectivity index (χ1n) is 13.1. The Hall–Kier alpha value is -2.60. The lowest BCUT2D eigenvalue weighted by Crippen LogP contribution is -2.38. The Morgan fingerprint density at radius 2 is 1.43 bits per heavy atom. The van der Waals surface area contributed by atoms with E-state index in [1.54, 1.807) is 0 Å². The van der Waals surface area contributed by atoms with E-state index in [-0.39, 0.29) is 0 Å². The fourth-order valence-electron chi connectivity index (χ4n) is 5.95. The lowest BCUT2D eigenvalue weighted by atomic mass is 9.67. The zero-order valence-electron chi connectivity index (χ0n) is 20.9. The summed E-state index contributed by atoms with van der Waals surface area (Å²) in [6, 6.07) is 32.9. The van der Waals surface area contributed by atoms with Crippen molar-refractivity contribution in [3.8, 4) is 6.07 Å². The minimum atomic E-state index is -0.445. The van der Waals surface area contributed by atoms with Crippen molar-refractivity contribution in [2.75, 3.05) is 0 Å². The van der Waals surface area contributed by atoms with Crippen LogP contribution in [0.4, 0.5) is 0 Å². The van der Waals surface area contributed by atoms with Crippen molar-refractivity contribution in [1.82, 2.24) is 4.90 Å². The summed E-state index contributed by atoms with van der Waals surface area (Å²) in [5.41, 5.74) is 3.37. The van der Waals surface area contributed by atoms with Gasteiger partial charge in [0.15, 0.2) is 0 Å². The van der Waals surface area contributed by atoms with Gasteiger partial charge in [-0.2, -0.15) is 5.26 Å². The third-order valence-corrected chi connectivity index (χ3v) is 8.18. The average Bonchev–Trinajstić information content (AvgIpc) is 3.44. The second-order valence-corrected chi connectivity index (χ2v) is 10.5. The Labute approximate surface area is 216 Å². The molecule has 0 aliphatic heterocycles. The summed E-state index contributed by atoms with van der Waals surface area (Å²) in [7, 11) is 0. The molecule has 2 atom stereocenters. The fourth-order valence-corrected chi connectivity index (χ4v) is 6.08. The van der Waals surface area contributed by atoms with Gasteiger partial charge in [-0.1, -0.05) is 104 Å². The van der Waals surface area contributed by atoms with Crippen LogP contribution >= 0.6 is 11.6 Å². The topological polar surface area (TPSA) is 27.0 Å². The third kappa shape index (κ3) is 6.35. The van der Waals surface area contributed by atoms with Crippen molar-refractivity contribution in [1.29, 1.82) is 5.26 Å². The van der Waals surface area contributed by atoms with Crippen molar-refractivity contribution < 1.29 is 0 Å². The Kier molecular flexibility index (Phi) is 9.02. The Balaban J connectivity index is 1.60. The molecule has 0 saturated heterocycles. The number of rotatable bonds is 11. The summed E-state index contributed by atoms with van der Waals surface area (Å²) in [6.07, 6.45) is 7.69. The predicted octanol–water partition coefficient (Wildman–Crippen LogP) is 8.55. The van der Waals surface area contributed by atoms with E-state index < -0.39 is 5.41 Å². The van der Waals surface area contributed by atoms with Crippen molar-refractivity contribution in [2.45, 2.75) is 76.4 Å². The van der Waals surface area contributed by atoms with Crippen LogP contribution in [0.1, 0.15) is 68.6 Å². The Bertz CT molecular complexity index is 1030. The molecular formula is C32H37ClN2. The molecule has 1 aliphatic carbocycles. The molecule has 182 valence electrons. The van der Waals surface area contributed by atoms with Crippen LogP contribution in [0.3, 0.4) is 0 Å². The van der Waals surface area contributed by atoms with E-state index in [2.05, 4.69) is 90.7 Å². The summed E-state index contributed by atoms with van der Waals surface area (Å²) in [4.78, 5) is 2.61. The van der Waals surface area contributed by atoms with Gasteiger partial charge in [0.1, 0.15) is 0 Å². The van der Waals surface area contributed by atoms with Crippen molar-refractivity contribution in [3.63, 3.8) is 0 Å². The first-order chi connectivity index (χ1) is 17.1. The van der Waals surface area contributed by atoms with Gasteiger partial charge in [0.2, 0.25) is 0 Å². The highest BCUT2D eigenvalue weighted by atomic mass is 35.5. The van der Waals surface area contributed by atoms with Gasteiger partial charge in [0.25, 0.3) is 0 Å². The monoisotopic (exact) mass is 484 g/mol. The molecule has 3 aromatic rings. The number of nitriles is 1. The molecule has 1 aliphatic rings. The highest BCUT2D eigenvalue weighted by Crippen LogP contribution is 2.46. The average molecular weight is 485 g/mol. The molecule has 0 spiro atoms. The summed E-state index contributed by atoms with van der Waals surface area (Å²) in [6.45, 7) is 4.12. The Morgan fingerprint density at radius 3 is 1.91 bits per heavy atom. The second kappa shape index (κ2) is 12.4. The maximum absolute atomic E-state index is 10.7. The molecule has 0 bridgehead atoms. The highest BCUT2D eigenvalue weighted by Gasteiger charge is 2.42. The van der Waals surface area contributed by atoms with Gasteiger partial charge in [0.05, 0.1) is 11.5 Å². The van der Waals surface area contributed by atoms with Crippen LogP contribution in [0.25, 0.3) is 0 Å². The van der Waals surface area contributed by atoms with E-state index in [4.69, 9.17) is 11.6 Å². The molecule has 3 heteroatoms. The van der Waals surface area contributed by atoms with Gasteiger partial charge >= 0.3 is 0 Å². The van der Waals surface area contributed by atoms with Crippen LogP contribution in [-0.2, 0) is 18.5 Å². The maximum atomic E-state index is 10.7. The molecule has 0 amide bonds. The van der Waals surface area contributed by atoms with Gasteiger partial charge in [-0.3, -0.25) is 4.90 Å². The lowest BCUT2D eigenvalue weighted by molar-refractivity contribution is 0.150. The first kappa shape index (κ1) is 25.5. The first-order valence-corrected chi connectivity index (χ1v) is 13.5. The maximum Gasteiger partial charge on any atom is 0.0851 e. The molecule has 0 aromatic heterocycles. The van der Waals surface area contributed by atoms with E-state index in [1.807, 2.05) is 12.1 Å². The van der Waals surface area contributed by atoms with Crippen molar-refractivity contribution in [2.24, 2.45) is 5.92 Å². The van der Waals surface area contributed by atoms with Crippen LogP contribution in [0, 0.1) is 17.2 Å². The van der Waals surface area contributed by atoms with Gasteiger partial charge in [-0.15, -0.1) is 0 Å². The van der Waals surface area contributed by atoms with E-state index in [0.29, 0.717) is 12.0 Å². The Morgan fingerprint density at radius 1 is 0.886 bits per heavy atom. The van der Waals surface area contributed by atoms with E-state index in [1.165, 1.54) is 24.0 Å². The smallest absolute Gasteiger partial charge is 0.0851 e. The van der Waals surface area contributed by atoms with Crippen LogP contribution in [0.5, 0.6) is 0 Å². The number of hydrogen-bond acceptors (Lipinski definition) is 2. The van der Waals surface area contributed by atoms with Crippen LogP contribution < -0.4 is 0 Å². The highest BCUT2D eigenvalue weighted by molar-refractivity contribution is 6.30. The lowest BCUT2D eigenvalue weighted by Gasteiger charge is -2.37. The van der Waals surface area contributed by atoms with Gasteiger partial charge in [-0.25, -0.2) is 0 Å². The number of halogens is 1. The number of benzene rings is 3. The summed E-state index contributed by atoms with van der Waals surface area (Å²) < 4.78 is 0. The van der Waals surface area contributed by atoms with Crippen LogP contribution in [-0.4, -0.2) is 10.9 Å². The van der Waals surface area contributed by atoms with Gasteiger partial charge in [0, 0.05) is 24.2 Å². The van der Waals surface area contributed by atoms with Crippen LogP contribution in [0.2, 0.25) is 5.02 Å². The molecule has 2 nitrogen and oxygen atoms in total. The zero-order valence-corrected chi connectivity index (χ0v) is 21.6. The number of nitrogens with zero attached hydrogens (tertiary/aromatic N) is 2. The largest absolute Gasteiger partial charge is 0.292 e. The molecule has 4 rings (SSSR count). The predicted molar refractivity (Wildman–Crippen MR) is 146 cm³/mol.